The van der Waals surface area contributed by atoms with Crippen molar-refractivity contribution in [3.63, 3.8) is 0 Å². The zero-order valence-electron chi connectivity index (χ0n) is 16.7. The van der Waals surface area contributed by atoms with Gasteiger partial charge in [0, 0.05) is 51.0 Å². The van der Waals surface area contributed by atoms with Gasteiger partial charge in [0.25, 0.3) is 0 Å². The van der Waals surface area contributed by atoms with Gasteiger partial charge in [-0.1, -0.05) is 56.4 Å². The van der Waals surface area contributed by atoms with Crippen LogP contribution in [0.1, 0.15) is 36.4 Å². The normalized spacial score (nSPS) is 12.7. The molecule has 2 aromatic heterocycles. The fourth-order valence-corrected chi connectivity index (χ4v) is 3.79. The topological polar surface area (TPSA) is 9.86 Å². The average molecular weight is 353 g/mol. The van der Waals surface area contributed by atoms with E-state index < -0.39 is 0 Å². The van der Waals surface area contributed by atoms with E-state index in [1.165, 1.54) is 16.5 Å². The first-order valence-corrected chi connectivity index (χ1v) is 9.28. The largest absolute Gasteiger partial charge is 0.390 e. The summed E-state index contributed by atoms with van der Waals surface area (Å²) >= 11 is 0. The van der Waals surface area contributed by atoms with E-state index in [2.05, 4.69) is 91.3 Å². The number of aryl methyl sites for hydroxylation is 1. The zero-order valence-corrected chi connectivity index (χ0v) is 16.7. The summed E-state index contributed by atoms with van der Waals surface area (Å²) in [5.41, 5.74) is 5.78. The minimum absolute atomic E-state index is 1.05. The summed E-state index contributed by atoms with van der Waals surface area (Å²) in [6.07, 6.45) is 12.6. The van der Waals surface area contributed by atoms with Crippen LogP contribution in [0.2, 0.25) is 6.82 Å². The van der Waals surface area contributed by atoms with Crippen LogP contribution in [0.4, 0.5) is 0 Å². The fourth-order valence-electron chi connectivity index (χ4n) is 3.79. The molecule has 27 heavy (non-hydrogen) atoms. The standard InChI is InChI=1S/C24H26BN2/c1-7-12-19-20(21(9-3)27(25-5)23(19)13-8-2)16-24-17(4)18-14-10-11-15-22(18)26(24)6/h7-16H,3-4H2,1-2,5-6H3/b12-7-,13-8-,24-16+. The highest BCUT2D eigenvalue weighted by Gasteiger charge is 2.16. The van der Waals surface area contributed by atoms with Gasteiger partial charge in [-0.05, 0) is 38.1 Å². The van der Waals surface area contributed by atoms with Crippen LogP contribution in [0, 0.1) is 0 Å². The van der Waals surface area contributed by atoms with Crippen LogP contribution in [-0.2, 0) is 7.05 Å². The number of hydrogen-bond acceptors (Lipinski definition) is 0. The number of allylic oxidation sites excluding steroid dienone is 2. The predicted octanol–water partition coefficient (Wildman–Crippen LogP) is 4.44. The van der Waals surface area contributed by atoms with Crippen LogP contribution in [0.15, 0.2) is 43.0 Å². The molecule has 2 nitrogen and oxygen atoms in total. The molecular weight excluding hydrogens is 327 g/mol. The Morgan fingerprint density at radius 3 is 2.30 bits per heavy atom. The third kappa shape index (κ3) is 3.04. The highest BCUT2D eigenvalue weighted by Crippen LogP contribution is 2.27. The van der Waals surface area contributed by atoms with Crippen LogP contribution in [0.5, 0.6) is 0 Å². The van der Waals surface area contributed by atoms with Gasteiger partial charge in [0.1, 0.15) is 0 Å². The Hall–Kier alpha value is -2.94. The Balaban J connectivity index is 2.47. The van der Waals surface area contributed by atoms with Gasteiger partial charge in [-0.2, -0.15) is 0 Å². The summed E-state index contributed by atoms with van der Waals surface area (Å²) < 4.78 is 4.41. The number of fused-ring (bicyclic) bond motifs is 1. The second kappa shape index (κ2) is 7.75. The van der Waals surface area contributed by atoms with Crippen molar-refractivity contribution in [2.45, 2.75) is 20.7 Å². The molecule has 0 spiro atoms. The molecule has 0 N–H and O–H groups in total. The Labute approximate surface area is 162 Å². The molecule has 2 heterocycles. The molecule has 0 saturated carbocycles. The van der Waals surface area contributed by atoms with E-state index in [1.807, 2.05) is 26.7 Å². The molecular formula is C24H26BN2. The van der Waals surface area contributed by atoms with E-state index >= 15 is 0 Å². The van der Waals surface area contributed by atoms with Crippen molar-refractivity contribution in [1.29, 1.82) is 0 Å². The quantitative estimate of drug-likeness (QED) is 0.600. The molecule has 0 aliphatic carbocycles. The first-order chi connectivity index (χ1) is 13.1. The highest BCUT2D eigenvalue weighted by molar-refractivity contribution is 6.33. The maximum absolute atomic E-state index is 4.36. The SMILES string of the molecule is C=Cc1c(/C=c2\c(=C)c3ccccc3n2C)c(/C=C\C)c(/C=C\C)n1[B]C. The first-order valence-electron chi connectivity index (χ1n) is 9.28. The first kappa shape index (κ1) is 18.8. The minimum atomic E-state index is 1.05. The average Bonchev–Trinajstić information content (AvgIpc) is 3.10. The lowest BCUT2D eigenvalue weighted by atomic mass is 9.98. The van der Waals surface area contributed by atoms with Crippen molar-refractivity contribution >= 4 is 49.2 Å². The summed E-state index contributed by atoms with van der Waals surface area (Å²) in [4.78, 5) is 0. The fraction of sp³-hybridized carbons (Fsp3) is 0.167. The number of nitrogens with zero attached hydrogens (tertiary/aromatic N) is 2. The van der Waals surface area contributed by atoms with E-state index in [0.29, 0.717) is 0 Å². The highest BCUT2D eigenvalue weighted by atomic mass is 14.9. The molecule has 0 amide bonds. The molecule has 0 unspecified atom stereocenters. The third-order valence-electron chi connectivity index (χ3n) is 5.01. The molecule has 0 bridgehead atoms. The van der Waals surface area contributed by atoms with E-state index in [4.69, 9.17) is 0 Å². The Morgan fingerprint density at radius 2 is 1.70 bits per heavy atom. The monoisotopic (exact) mass is 353 g/mol. The maximum Gasteiger partial charge on any atom is 0.249 e. The molecule has 0 saturated heterocycles. The smallest absolute Gasteiger partial charge is 0.249 e. The Kier molecular flexibility index (Phi) is 5.41. The zero-order chi connectivity index (χ0) is 19.6. The third-order valence-corrected chi connectivity index (χ3v) is 5.01. The molecule has 3 rings (SSSR count). The molecule has 1 radical (unpaired) electrons. The predicted molar refractivity (Wildman–Crippen MR) is 122 cm³/mol. The summed E-state index contributed by atoms with van der Waals surface area (Å²) in [5, 5.41) is 3.36. The number of para-hydroxylation sites is 1. The second-order valence-corrected chi connectivity index (χ2v) is 6.51. The molecule has 1 aromatic carbocycles. The molecule has 3 aromatic rings. The number of hydrogen-bond donors (Lipinski definition) is 0. The van der Waals surface area contributed by atoms with Gasteiger partial charge in [-0.25, -0.2) is 0 Å². The van der Waals surface area contributed by atoms with Gasteiger partial charge in [0.2, 0.25) is 7.41 Å². The Bertz CT molecular complexity index is 1170. The van der Waals surface area contributed by atoms with Crippen LogP contribution in [-0.4, -0.2) is 16.5 Å². The van der Waals surface area contributed by atoms with Crippen LogP contribution >= 0.6 is 0 Å². The van der Waals surface area contributed by atoms with Crippen LogP contribution in [0.25, 0.3) is 41.8 Å². The minimum Gasteiger partial charge on any atom is -0.390 e. The molecule has 0 aliphatic heterocycles. The van der Waals surface area contributed by atoms with Gasteiger partial charge in [-0.15, -0.1) is 0 Å². The second-order valence-electron chi connectivity index (χ2n) is 6.51. The van der Waals surface area contributed by atoms with E-state index in [0.717, 1.165) is 27.5 Å². The molecule has 0 fully saturated rings. The molecule has 135 valence electrons. The number of aromatic nitrogens is 2. The van der Waals surface area contributed by atoms with Gasteiger partial charge >= 0.3 is 0 Å². The van der Waals surface area contributed by atoms with Crippen molar-refractivity contribution in [2.75, 3.05) is 0 Å². The molecule has 0 atom stereocenters. The van der Waals surface area contributed by atoms with Crippen LogP contribution in [0.3, 0.4) is 0 Å². The van der Waals surface area contributed by atoms with Gasteiger partial charge < -0.3 is 9.05 Å². The lowest BCUT2D eigenvalue weighted by Crippen LogP contribution is -2.26. The maximum atomic E-state index is 4.36. The van der Waals surface area contributed by atoms with Gasteiger partial charge in [0.15, 0.2) is 0 Å². The van der Waals surface area contributed by atoms with Gasteiger partial charge in [-0.3, -0.25) is 0 Å². The number of benzene rings is 1. The summed E-state index contributed by atoms with van der Waals surface area (Å²) in [6, 6.07) is 8.40. The van der Waals surface area contributed by atoms with Gasteiger partial charge in [0.05, 0.1) is 0 Å². The summed E-state index contributed by atoms with van der Waals surface area (Å²) in [6.45, 7) is 14.6. The Morgan fingerprint density at radius 1 is 1.00 bits per heavy atom. The lowest BCUT2D eigenvalue weighted by Gasteiger charge is -2.05. The summed E-state index contributed by atoms with van der Waals surface area (Å²) in [5.74, 6) is 0. The lowest BCUT2D eigenvalue weighted by molar-refractivity contribution is 0.925. The molecule has 3 heteroatoms. The van der Waals surface area contributed by atoms with Crippen molar-refractivity contribution < 1.29 is 0 Å². The van der Waals surface area contributed by atoms with E-state index in [9.17, 15) is 0 Å². The summed E-state index contributed by atoms with van der Waals surface area (Å²) in [7, 11) is 4.19. The van der Waals surface area contributed by atoms with Crippen molar-refractivity contribution in [3.05, 3.63) is 76.1 Å². The van der Waals surface area contributed by atoms with Crippen molar-refractivity contribution in [1.82, 2.24) is 9.05 Å². The van der Waals surface area contributed by atoms with E-state index in [-0.39, 0.29) is 0 Å². The van der Waals surface area contributed by atoms with E-state index in [1.54, 1.807) is 0 Å². The van der Waals surface area contributed by atoms with Crippen molar-refractivity contribution in [3.8, 4) is 0 Å². The molecule has 0 aliphatic rings. The van der Waals surface area contributed by atoms with Crippen molar-refractivity contribution in [2.24, 2.45) is 7.05 Å². The van der Waals surface area contributed by atoms with Crippen LogP contribution < -0.4 is 10.6 Å². The number of rotatable bonds is 5.